The summed E-state index contributed by atoms with van der Waals surface area (Å²) in [5, 5.41) is 17.6. The summed E-state index contributed by atoms with van der Waals surface area (Å²) >= 11 is 0. The van der Waals surface area contributed by atoms with Crippen molar-refractivity contribution in [1.29, 1.82) is 0 Å². The van der Waals surface area contributed by atoms with E-state index in [1.165, 1.54) is 18.3 Å². The van der Waals surface area contributed by atoms with Gasteiger partial charge in [0.1, 0.15) is 18.5 Å². The minimum absolute atomic E-state index is 0.0838. The number of terminal acetylenes is 1. The van der Waals surface area contributed by atoms with Crippen LogP contribution >= 0.6 is 0 Å². The van der Waals surface area contributed by atoms with Crippen molar-refractivity contribution in [1.82, 2.24) is 25.6 Å². The maximum Gasteiger partial charge on any atom is 0.326 e. The number of fused-ring (bicyclic) bond motifs is 1. The Kier molecular flexibility index (Phi) is 9.94. The average Bonchev–Trinajstić information content (AvgIpc) is 2.93. The van der Waals surface area contributed by atoms with Crippen LogP contribution in [0.5, 0.6) is 0 Å². The van der Waals surface area contributed by atoms with Gasteiger partial charge >= 0.3 is 5.97 Å². The van der Waals surface area contributed by atoms with Gasteiger partial charge in [0, 0.05) is 29.8 Å². The molecule has 0 fully saturated rings. The fourth-order valence-corrected chi connectivity index (χ4v) is 3.47. The number of carbonyl (C=O) groups excluding carboxylic acids is 2. The van der Waals surface area contributed by atoms with E-state index in [0.717, 1.165) is 0 Å². The van der Waals surface area contributed by atoms with Crippen molar-refractivity contribution in [3.05, 3.63) is 57.5 Å². The number of nitrogens with two attached hydrogens (primary N) is 1. The lowest BCUT2D eigenvalue weighted by molar-refractivity contribution is -0.139. The van der Waals surface area contributed by atoms with Gasteiger partial charge in [0.2, 0.25) is 11.3 Å². The van der Waals surface area contributed by atoms with E-state index in [4.69, 9.17) is 16.9 Å². The van der Waals surface area contributed by atoms with Crippen molar-refractivity contribution < 1.29 is 24.2 Å². The maximum absolute atomic E-state index is 12.6. The van der Waals surface area contributed by atoms with E-state index >= 15 is 0 Å². The molecule has 204 valence electrons. The summed E-state index contributed by atoms with van der Waals surface area (Å²) in [7, 11) is 0. The minimum atomic E-state index is -1.25. The number of carboxylic acids is 1. The number of carboxylic acid groups (broad SMARTS) is 1. The SMILES string of the molecule is C#CCOCCNC(=O)CC[C@H](NC(=O)c1ccc(NCc2cnc3[nH]c(N)c(C)c(=O)c3n2)cc1)C(=O)O. The first-order chi connectivity index (χ1) is 18.7. The molecule has 0 aliphatic carbocycles. The summed E-state index contributed by atoms with van der Waals surface area (Å²) < 4.78 is 5.04. The predicted molar refractivity (Wildman–Crippen MR) is 144 cm³/mol. The Bertz CT molecular complexity index is 1450. The van der Waals surface area contributed by atoms with Crippen LogP contribution in [0.15, 0.2) is 35.3 Å². The second-order valence-corrected chi connectivity index (χ2v) is 8.49. The largest absolute Gasteiger partial charge is 0.480 e. The van der Waals surface area contributed by atoms with Crippen molar-refractivity contribution in [3.63, 3.8) is 0 Å². The van der Waals surface area contributed by atoms with E-state index in [0.29, 0.717) is 22.6 Å². The molecular formula is C26H29N7O6. The van der Waals surface area contributed by atoms with Gasteiger partial charge in [0.05, 0.1) is 25.0 Å². The first-order valence-electron chi connectivity index (χ1n) is 12.0. The van der Waals surface area contributed by atoms with E-state index in [1.54, 1.807) is 19.1 Å². The van der Waals surface area contributed by atoms with E-state index in [1.807, 2.05) is 0 Å². The number of anilines is 2. The van der Waals surface area contributed by atoms with Gasteiger partial charge < -0.3 is 36.5 Å². The Labute approximate surface area is 223 Å². The number of amides is 2. The molecule has 0 aliphatic rings. The Morgan fingerprint density at radius 3 is 2.69 bits per heavy atom. The highest BCUT2D eigenvalue weighted by Crippen LogP contribution is 2.13. The number of nitrogens with one attached hydrogen (secondary N) is 4. The second-order valence-electron chi connectivity index (χ2n) is 8.49. The van der Waals surface area contributed by atoms with Crippen LogP contribution < -0.4 is 27.1 Å². The van der Waals surface area contributed by atoms with E-state index in [2.05, 4.69) is 36.8 Å². The Morgan fingerprint density at radius 2 is 2.00 bits per heavy atom. The fourth-order valence-electron chi connectivity index (χ4n) is 3.47. The van der Waals surface area contributed by atoms with Gasteiger partial charge in [-0.25, -0.2) is 14.8 Å². The molecule has 13 nitrogen and oxygen atoms in total. The molecule has 1 atom stereocenters. The summed E-state index contributed by atoms with van der Waals surface area (Å²) in [6, 6.07) is 5.11. The van der Waals surface area contributed by atoms with Crippen LogP contribution in [0, 0.1) is 19.3 Å². The van der Waals surface area contributed by atoms with Crippen LogP contribution in [-0.2, 0) is 20.9 Å². The van der Waals surface area contributed by atoms with Gasteiger partial charge in [0.25, 0.3) is 5.91 Å². The summed E-state index contributed by atoms with van der Waals surface area (Å²) in [6.45, 7) is 2.48. The molecule has 3 rings (SSSR count). The zero-order valence-electron chi connectivity index (χ0n) is 21.2. The smallest absolute Gasteiger partial charge is 0.326 e. The van der Waals surface area contributed by atoms with Gasteiger partial charge in [0.15, 0.2) is 11.2 Å². The summed E-state index contributed by atoms with van der Waals surface area (Å²) in [5.41, 5.74) is 7.75. The third kappa shape index (κ3) is 8.01. The number of nitrogen functional groups attached to an aromatic ring is 1. The number of hydrogen-bond donors (Lipinski definition) is 6. The van der Waals surface area contributed by atoms with E-state index < -0.39 is 17.9 Å². The number of carbonyl (C=O) groups is 3. The molecule has 0 spiro atoms. The van der Waals surface area contributed by atoms with Crippen molar-refractivity contribution >= 4 is 40.5 Å². The van der Waals surface area contributed by atoms with Crippen molar-refractivity contribution in [3.8, 4) is 12.3 Å². The zero-order valence-corrected chi connectivity index (χ0v) is 21.2. The van der Waals surface area contributed by atoms with Crippen molar-refractivity contribution in [2.75, 3.05) is 30.8 Å². The number of H-pyrrole nitrogens is 1. The number of pyridine rings is 1. The molecule has 0 saturated heterocycles. The lowest BCUT2D eigenvalue weighted by atomic mass is 10.1. The van der Waals surface area contributed by atoms with Crippen LogP contribution in [0.3, 0.4) is 0 Å². The molecule has 3 aromatic rings. The summed E-state index contributed by atoms with van der Waals surface area (Å²) in [6.07, 6.45) is 6.40. The number of ether oxygens (including phenoxy) is 1. The predicted octanol–water partition coefficient (Wildman–Crippen LogP) is 0.550. The first kappa shape index (κ1) is 28.6. The Morgan fingerprint density at radius 1 is 1.26 bits per heavy atom. The molecule has 0 bridgehead atoms. The number of aliphatic carboxylic acids is 1. The topological polar surface area (TPSA) is 201 Å². The highest BCUT2D eigenvalue weighted by molar-refractivity contribution is 5.97. The van der Waals surface area contributed by atoms with E-state index in [9.17, 15) is 24.3 Å². The number of benzene rings is 1. The number of nitrogens with zero attached hydrogens (tertiary/aromatic N) is 2. The minimum Gasteiger partial charge on any atom is -0.480 e. The summed E-state index contributed by atoms with van der Waals surface area (Å²) in [4.78, 5) is 59.9. The molecule has 1 aromatic carbocycles. The van der Waals surface area contributed by atoms with Crippen LogP contribution in [0.25, 0.3) is 11.2 Å². The molecule has 0 aliphatic heterocycles. The van der Waals surface area contributed by atoms with Crippen LogP contribution in [0.2, 0.25) is 0 Å². The van der Waals surface area contributed by atoms with Crippen LogP contribution in [0.4, 0.5) is 11.5 Å². The third-order valence-corrected chi connectivity index (χ3v) is 5.67. The maximum atomic E-state index is 12.6. The summed E-state index contributed by atoms with van der Waals surface area (Å²) in [5.74, 6) is 0.342. The number of rotatable bonds is 13. The first-order valence-corrected chi connectivity index (χ1v) is 12.0. The van der Waals surface area contributed by atoms with Gasteiger partial charge in [-0.2, -0.15) is 0 Å². The molecule has 13 heteroatoms. The average molecular weight is 536 g/mol. The molecule has 0 radical (unpaired) electrons. The number of aromatic nitrogens is 3. The van der Waals surface area contributed by atoms with Gasteiger partial charge in [-0.15, -0.1) is 6.42 Å². The molecule has 2 amide bonds. The lowest BCUT2D eigenvalue weighted by Gasteiger charge is -2.15. The molecule has 39 heavy (non-hydrogen) atoms. The molecule has 2 aromatic heterocycles. The Hall–Kier alpha value is -4.96. The molecule has 0 unspecified atom stereocenters. The molecule has 2 heterocycles. The molecule has 7 N–H and O–H groups in total. The van der Waals surface area contributed by atoms with Gasteiger partial charge in [-0.1, -0.05) is 5.92 Å². The fraction of sp³-hybridized carbons (Fsp3) is 0.308. The Balaban J connectivity index is 1.52. The van der Waals surface area contributed by atoms with Gasteiger partial charge in [-0.05, 0) is 37.6 Å². The lowest BCUT2D eigenvalue weighted by Crippen LogP contribution is -2.41. The highest BCUT2D eigenvalue weighted by atomic mass is 16.5. The monoisotopic (exact) mass is 535 g/mol. The zero-order chi connectivity index (χ0) is 28.4. The number of hydrogen-bond acceptors (Lipinski definition) is 9. The third-order valence-electron chi connectivity index (χ3n) is 5.67. The van der Waals surface area contributed by atoms with Crippen molar-refractivity contribution in [2.24, 2.45) is 0 Å². The van der Waals surface area contributed by atoms with Crippen LogP contribution in [-0.4, -0.2) is 63.6 Å². The standard InChI is InChI=1S/C26H29N7O6/c1-3-11-39-12-10-28-20(34)9-8-19(26(37)38)32-25(36)16-4-6-17(7-5-16)29-13-18-14-30-24-21(31-18)22(35)15(2)23(27)33-24/h1,4-7,14,19,29H,8-13H2,2H3,(H,28,34)(H,32,36)(H,37,38)(H3,27,30,33,35)/t19-/m0/s1. The van der Waals surface area contributed by atoms with E-state index in [-0.39, 0.29) is 67.4 Å². The second kappa shape index (κ2) is 13.5. The number of aromatic amines is 1. The highest BCUT2D eigenvalue weighted by Gasteiger charge is 2.21. The normalized spacial score (nSPS) is 11.4. The molecular weight excluding hydrogens is 506 g/mol. The van der Waals surface area contributed by atoms with Crippen molar-refractivity contribution in [2.45, 2.75) is 32.4 Å². The molecule has 0 saturated carbocycles. The van der Waals surface area contributed by atoms with Gasteiger partial charge in [-0.3, -0.25) is 14.4 Å². The quantitative estimate of drug-likeness (QED) is 0.133. The van der Waals surface area contributed by atoms with Crippen LogP contribution in [0.1, 0.15) is 34.5 Å².